The van der Waals surface area contributed by atoms with E-state index in [0.29, 0.717) is 19.1 Å². The van der Waals surface area contributed by atoms with Crippen molar-refractivity contribution in [2.24, 2.45) is 5.92 Å². The van der Waals surface area contributed by atoms with Gasteiger partial charge in [0.15, 0.2) is 0 Å². The molecule has 3 nitrogen and oxygen atoms in total. The number of thiophene rings is 1. The lowest BCUT2D eigenvalue weighted by atomic mass is 9.99. The highest BCUT2D eigenvalue weighted by atomic mass is 32.1. The molecular formula is C16H25NO2S. The van der Waals surface area contributed by atoms with Crippen LogP contribution in [0.25, 0.3) is 0 Å². The fourth-order valence-electron chi connectivity index (χ4n) is 2.67. The smallest absolute Gasteiger partial charge is 0.264 e. The summed E-state index contributed by atoms with van der Waals surface area (Å²) in [7, 11) is 1.68. The van der Waals surface area contributed by atoms with Gasteiger partial charge in [-0.2, -0.15) is 0 Å². The fourth-order valence-corrected chi connectivity index (χ4v) is 3.89. The fraction of sp³-hybridized carbons (Fsp3) is 0.688. The van der Waals surface area contributed by atoms with Crippen LogP contribution in [0.3, 0.4) is 0 Å². The number of rotatable bonds is 6. The Labute approximate surface area is 125 Å². The first kappa shape index (κ1) is 15.5. The molecule has 0 unspecified atom stereocenters. The van der Waals surface area contributed by atoms with Crippen LogP contribution in [0.1, 0.15) is 46.8 Å². The predicted octanol–water partition coefficient (Wildman–Crippen LogP) is 3.37. The molecule has 0 aromatic carbocycles. The molecule has 1 amide bonds. The highest BCUT2D eigenvalue weighted by Crippen LogP contribution is 2.30. The molecule has 0 bridgehead atoms. The molecule has 1 aromatic heterocycles. The van der Waals surface area contributed by atoms with Crippen molar-refractivity contribution < 1.29 is 9.53 Å². The molecule has 4 heteroatoms. The number of carbonyl (C=O) groups excluding carboxylic acids is 1. The van der Waals surface area contributed by atoms with Gasteiger partial charge >= 0.3 is 0 Å². The summed E-state index contributed by atoms with van der Waals surface area (Å²) in [6.07, 6.45) is 4.81. The maximum absolute atomic E-state index is 12.7. The molecule has 0 radical (unpaired) electrons. The second kappa shape index (κ2) is 7.23. The van der Waals surface area contributed by atoms with Crippen LogP contribution in [-0.4, -0.2) is 37.6 Å². The molecule has 0 aliphatic heterocycles. The Kier molecular flexibility index (Phi) is 5.61. The van der Waals surface area contributed by atoms with Crippen molar-refractivity contribution in [2.45, 2.75) is 39.5 Å². The van der Waals surface area contributed by atoms with Crippen LogP contribution >= 0.6 is 11.3 Å². The quantitative estimate of drug-likeness (QED) is 0.805. The molecule has 0 saturated heterocycles. The topological polar surface area (TPSA) is 29.5 Å². The van der Waals surface area contributed by atoms with Gasteiger partial charge in [0.1, 0.15) is 0 Å². The summed E-state index contributed by atoms with van der Waals surface area (Å²) in [6, 6.07) is 2.13. The summed E-state index contributed by atoms with van der Waals surface area (Å²) in [5.41, 5.74) is 1.40. The van der Waals surface area contributed by atoms with E-state index < -0.39 is 0 Å². The van der Waals surface area contributed by atoms with Crippen LogP contribution < -0.4 is 0 Å². The van der Waals surface area contributed by atoms with Gasteiger partial charge in [0.05, 0.1) is 11.5 Å². The Morgan fingerprint density at radius 3 is 2.80 bits per heavy atom. The van der Waals surface area contributed by atoms with Crippen molar-refractivity contribution in [3.63, 3.8) is 0 Å². The van der Waals surface area contributed by atoms with Gasteiger partial charge in [-0.25, -0.2) is 0 Å². The van der Waals surface area contributed by atoms with Crippen LogP contribution in [0, 0.1) is 5.92 Å². The maximum atomic E-state index is 12.7. The van der Waals surface area contributed by atoms with Crippen LogP contribution in [-0.2, 0) is 17.6 Å². The third-order valence-corrected chi connectivity index (χ3v) is 4.87. The SMILES string of the molecule is COCCN(CC(C)C)C(=O)c1cc2c(s1)CCCC2. The van der Waals surface area contributed by atoms with Crippen molar-refractivity contribution in [1.29, 1.82) is 0 Å². The van der Waals surface area contributed by atoms with Gasteiger partial charge in [0.2, 0.25) is 0 Å². The molecule has 1 aliphatic rings. The Morgan fingerprint density at radius 2 is 2.15 bits per heavy atom. The molecule has 0 fully saturated rings. The van der Waals surface area contributed by atoms with Gasteiger partial charge in [-0.05, 0) is 43.2 Å². The minimum absolute atomic E-state index is 0.176. The molecule has 0 N–H and O–H groups in total. The number of fused-ring (bicyclic) bond motifs is 1. The average Bonchev–Trinajstić information content (AvgIpc) is 2.86. The van der Waals surface area contributed by atoms with E-state index >= 15 is 0 Å². The summed E-state index contributed by atoms with van der Waals surface area (Å²) in [4.78, 5) is 17.0. The normalized spacial score (nSPS) is 14.4. The molecule has 1 aromatic rings. The van der Waals surface area contributed by atoms with Gasteiger partial charge in [-0.15, -0.1) is 11.3 Å². The van der Waals surface area contributed by atoms with Gasteiger partial charge in [0.25, 0.3) is 5.91 Å². The second-order valence-corrected chi connectivity index (χ2v) is 7.04. The Bertz CT molecular complexity index is 430. The molecule has 0 saturated carbocycles. The molecule has 1 heterocycles. The van der Waals surface area contributed by atoms with Gasteiger partial charge < -0.3 is 9.64 Å². The lowest BCUT2D eigenvalue weighted by Crippen LogP contribution is -2.36. The van der Waals surface area contributed by atoms with Crippen molar-refractivity contribution >= 4 is 17.2 Å². The van der Waals surface area contributed by atoms with Gasteiger partial charge in [-0.3, -0.25) is 4.79 Å². The zero-order chi connectivity index (χ0) is 14.5. The number of methoxy groups -OCH3 is 1. The minimum atomic E-state index is 0.176. The van der Waals surface area contributed by atoms with Crippen molar-refractivity contribution in [1.82, 2.24) is 4.90 Å². The monoisotopic (exact) mass is 295 g/mol. The zero-order valence-corrected chi connectivity index (χ0v) is 13.6. The van der Waals surface area contributed by atoms with E-state index in [1.165, 1.54) is 23.3 Å². The number of aryl methyl sites for hydroxylation is 2. The highest BCUT2D eigenvalue weighted by molar-refractivity contribution is 7.14. The summed E-state index contributed by atoms with van der Waals surface area (Å²) >= 11 is 1.70. The largest absolute Gasteiger partial charge is 0.383 e. The lowest BCUT2D eigenvalue weighted by Gasteiger charge is -2.23. The van der Waals surface area contributed by atoms with E-state index in [9.17, 15) is 4.79 Å². The van der Waals surface area contributed by atoms with Crippen LogP contribution in [0.5, 0.6) is 0 Å². The van der Waals surface area contributed by atoms with Crippen molar-refractivity contribution in [3.05, 3.63) is 21.4 Å². The highest BCUT2D eigenvalue weighted by Gasteiger charge is 2.21. The average molecular weight is 295 g/mol. The summed E-state index contributed by atoms with van der Waals surface area (Å²) < 4.78 is 5.13. The number of carbonyl (C=O) groups is 1. The first-order chi connectivity index (χ1) is 9.61. The number of hydrogen-bond donors (Lipinski definition) is 0. The third-order valence-electron chi connectivity index (χ3n) is 3.65. The van der Waals surface area contributed by atoms with E-state index in [1.807, 2.05) is 4.90 Å². The molecule has 20 heavy (non-hydrogen) atoms. The summed E-state index contributed by atoms with van der Waals surface area (Å²) in [5.74, 6) is 0.653. The molecule has 1 aliphatic carbocycles. The van der Waals surface area contributed by atoms with E-state index in [-0.39, 0.29) is 5.91 Å². The zero-order valence-electron chi connectivity index (χ0n) is 12.8. The first-order valence-corrected chi connectivity index (χ1v) is 8.33. The van der Waals surface area contributed by atoms with E-state index in [2.05, 4.69) is 19.9 Å². The Morgan fingerprint density at radius 1 is 1.40 bits per heavy atom. The van der Waals surface area contributed by atoms with Crippen LogP contribution in [0.4, 0.5) is 0 Å². The second-order valence-electron chi connectivity index (χ2n) is 5.90. The molecular weight excluding hydrogens is 270 g/mol. The Balaban J connectivity index is 2.11. The predicted molar refractivity (Wildman–Crippen MR) is 83.6 cm³/mol. The van der Waals surface area contributed by atoms with Gasteiger partial charge in [-0.1, -0.05) is 13.8 Å². The molecule has 112 valence electrons. The van der Waals surface area contributed by atoms with E-state index in [1.54, 1.807) is 18.4 Å². The number of amides is 1. The molecule has 0 spiro atoms. The lowest BCUT2D eigenvalue weighted by molar-refractivity contribution is 0.0677. The Hall–Kier alpha value is -0.870. The standard InChI is InChI=1S/C16H25NO2S/c1-12(2)11-17(8-9-19-3)16(18)15-10-13-6-4-5-7-14(13)20-15/h10,12H,4-9,11H2,1-3H3. The van der Waals surface area contributed by atoms with E-state index in [0.717, 1.165) is 24.3 Å². The molecule has 0 atom stereocenters. The number of ether oxygens (including phenoxy) is 1. The number of hydrogen-bond acceptors (Lipinski definition) is 3. The number of nitrogens with zero attached hydrogens (tertiary/aromatic N) is 1. The maximum Gasteiger partial charge on any atom is 0.264 e. The molecule has 2 rings (SSSR count). The van der Waals surface area contributed by atoms with Crippen LogP contribution in [0.15, 0.2) is 6.07 Å². The first-order valence-electron chi connectivity index (χ1n) is 7.51. The van der Waals surface area contributed by atoms with E-state index in [4.69, 9.17) is 4.74 Å². The van der Waals surface area contributed by atoms with Crippen molar-refractivity contribution in [2.75, 3.05) is 26.8 Å². The third kappa shape index (κ3) is 3.83. The minimum Gasteiger partial charge on any atom is -0.383 e. The van der Waals surface area contributed by atoms with Crippen LogP contribution in [0.2, 0.25) is 0 Å². The summed E-state index contributed by atoms with van der Waals surface area (Å²) in [5, 5.41) is 0. The van der Waals surface area contributed by atoms with Gasteiger partial charge in [0, 0.05) is 25.1 Å². The summed E-state index contributed by atoms with van der Waals surface area (Å²) in [6.45, 7) is 6.36. The van der Waals surface area contributed by atoms with Crippen molar-refractivity contribution in [3.8, 4) is 0 Å².